The monoisotopic (exact) mass is 282 g/mol. The lowest BCUT2D eigenvalue weighted by atomic mass is 10.1. The number of halogens is 1. The fourth-order valence-corrected chi connectivity index (χ4v) is 1.48. The highest BCUT2D eigenvalue weighted by Crippen LogP contribution is 2.16. The van der Waals surface area contributed by atoms with Gasteiger partial charge >= 0.3 is 0 Å². The molecule has 0 spiro atoms. The highest BCUT2D eigenvalue weighted by Gasteiger charge is 2.10. The van der Waals surface area contributed by atoms with Crippen molar-refractivity contribution in [1.29, 1.82) is 0 Å². The Balaban J connectivity index is 0.00000180. The fourth-order valence-electron chi connectivity index (χ4n) is 1.48. The number of amides is 1. The van der Waals surface area contributed by atoms with Crippen molar-refractivity contribution in [1.82, 2.24) is 15.0 Å². The molecule has 1 heterocycles. The summed E-state index contributed by atoms with van der Waals surface area (Å²) in [6.45, 7) is 0.212. The third-order valence-corrected chi connectivity index (χ3v) is 2.44. The summed E-state index contributed by atoms with van der Waals surface area (Å²) in [7, 11) is 3.42. The molecule has 0 aliphatic carbocycles. The van der Waals surface area contributed by atoms with Crippen LogP contribution in [0.25, 0.3) is 11.4 Å². The van der Waals surface area contributed by atoms with Gasteiger partial charge in [0.2, 0.25) is 11.7 Å². The third kappa shape index (κ3) is 3.30. The predicted molar refractivity (Wildman–Crippen MR) is 72.9 cm³/mol. The Morgan fingerprint density at radius 1 is 1.32 bits per heavy atom. The van der Waals surface area contributed by atoms with Gasteiger partial charge in [0.25, 0.3) is 5.91 Å². The van der Waals surface area contributed by atoms with E-state index in [1.165, 1.54) is 4.90 Å². The zero-order chi connectivity index (χ0) is 13.1. The van der Waals surface area contributed by atoms with Gasteiger partial charge in [-0.15, -0.1) is 12.4 Å². The predicted octanol–water partition coefficient (Wildman–Crippen LogP) is 1.32. The molecule has 2 aromatic rings. The molecule has 2 rings (SSSR count). The molecule has 0 aliphatic rings. The first-order valence-electron chi connectivity index (χ1n) is 5.46. The highest BCUT2D eigenvalue weighted by atomic mass is 35.5. The lowest BCUT2D eigenvalue weighted by molar-refractivity contribution is 0.0827. The maximum Gasteiger partial charge on any atom is 0.253 e. The number of carbonyl (C=O) groups excluding carboxylic acids is 1. The average molecular weight is 283 g/mol. The van der Waals surface area contributed by atoms with Crippen LogP contribution >= 0.6 is 12.4 Å². The minimum absolute atomic E-state index is 0. The molecule has 0 fully saturated rings. The number of benzene rings is 1. The van der Waals surface area contributed by atoms with Gasteiger partial charge in [-0.1, -0.05) is 17.3 Å². The van der Waals surface area contributed by atoms with E-state index in [-0.39, 0.29) is 24.9 Å². The standard InChI is InChI=1S/C12H14N4O2.ClH/c1-16(2)12(17)9-5-3-8(4-6-9)11-14-10(7-13)18-15-11;/h3-6H,7,13H2,1-2H3;1H. The number of hydrogen-bond acceptors (Lipinski definition) is 5. The van der Waals surface area contributed by atoms with E-state index in [2.05, 4.69) is 10.1 Å². The molecule has 0 radical (unpaired) electrons. The maximum absolute atomic E-state index is 11.7. The molecule has 19 heavy (non-hydrogen) atoms. The SMILES string of the molecule is CN(C)C(=O)c1ccc(-c2noc(CN)n2)cc1.Cl. The summed E-state index contributed by atoms with van der Waals surface area (Å²) in [5.41, 5.74) is 6.79. The van der Waals surface area contributed by atoms with E-state index in [9.17, 15) is 4.79 Å². The Hall–Kier alpha value is -1.92. The minimum Gasteiger partial charge on any atom is -0.345 e. The van der Waals surface area contributed by atoms with Crippen molar-refractivity contribution in [3.05, 3.63) is 35.7 Å². The Kier molecular flexibility index (Phi) is 5.02. The molecule has 1 amide bonds. The Labute approximate surface area is 117 Å². The number of nitrogens with zero attached hydrogens (tertiary/aromatic N) is 3. The summed E-state index contributed by atoms with van der Waals surface area (Å²) in [5.74, 6) is 0.815. The maximum atomic E-state index is 11.7. The number of nitrogens with two attached hydrogens (primary N) is 1. The number of hydrogen-bond donors (Lipinski definition) is 1. The van der Waals surface area contributed by atoms with Crippen LogP contribution in [0, 0.1) is 0 Å². The minimum atomic E-state index is -0.0442. The average Bonchev–Trinajstić information content (AvgIpc) is 2.86. The topological polar surface area (TPSA) is 85.2 Å². The zero-order valence-electron chi connectivity index (χ0n) is 10.7. The first kappa shape index (κ1) is 15.1. The van der Waals surface area contributed by atoms with Crippen molar-refractivity contribution < 1.29 is 9.32 Å². The molecular formula is C12H15ClN4O2. The first-order chi connectivity index (χ1) is 8.61. The highest BCUT2D eigenvalue weighted by molar-refractivity contribution is 5.94. The summed E-state index contributed by atoms with van der Waals surface area (Å²) in [5, 5.41) is 3.81. The largest absolute Gasteiger partial charge is 0.345 e. The van der Waals surface area contributed by atoms with Crippen LogP contribution in [0.2, 0.25) is 0 Å². The van der Waals surface area contributed by atoms with Gasteiger partial charge < -0.3 is 15.2 Å². The van der Waals surface area contributed by atoms with Crippen LogP contribution in [0.1, 0.15) is 16.2 Å². The van der Waals surface area contributed by atoms with Gasteiger partial charge in [-0.05, 0) is 12.1 Å². The van der Waals surface area contributed by atoms with Crippen LogP contribution in [0.4, 0.5) is 0 Å². The molecule has 0 saturated heterocycles. The van der Waals surface area contributed by atoms with Gasteiger partial charge in [-0.2, -0.15) is 4.98 Å². The smallest absolute Gasteiger partial charge is 0.253 e. The van der Waals surface area contributed by atoms with Crippen molar-refractivity contribution >= 4 is 18.3 Å². The van der Waals surface area contributed by atoms with Crippen LogP contribution in [0.3, 0.4) is 0 Å². The van der Waals surface area contributed by atoms with Crippen molar-refractivity contribution in [2.75, 3.05) is 14.1 Å². The summed E-state index contributed by atoms with van der Waals surface area (Å²) in [6, 6.07) is 7.02. The summed E-state index contributed by atoms with van der Waals surface area (Å²) >= 11 is 0. The molecular weight excluding hydrogens is 268 g/mol. The van der Waals surface area contributed by atoms with Crippen molar-refractivity contribution in [2.24, 2.45) is 5.73 Å². The van der Waals surface area contributed by atoms with Gasteiger partial charge in [0.15, 0.2) is 0 Å². The van der Waals surface area contributed by atoms with Gasteiger partial charge in [0, 0.05) is 25.2 Å². The van der Waals surface area contributed by atoms with E-state index in [0.717, 1.165) is 5.56 Å². The van der Waals surface area contributed by atoms with Crippen molar-refractivity contribution in [3.63, 3.8) is 0 Å². The first-order valence-corrected chi connectivity index (χ1v) is 5.46. The van der Waals surface area contributed by atoms with Crippen molar-refractivity contribution in [2.45, 2.75) is 6.54 Å². The molecule has 7 heteroatoms. The summed E-state index contributed by atoms with van der Waals surface area (Å²) < 4.78 is 4.92. The van der Waals surface area contributed by atoms with Crippen LogP contribution in [0.15, 0.2) is 28.8 Å². The third-order valence-electron chi connectivity index (χ3n) is 2.44. The van der Waals surface area contributed by atoms with E-state index in [1.807, 2.05) is 0 Å². The second-order valence-corrected chi connectivity index (χ2v) is 3.99. The second kappa shape index (κ2) is 6.31. The molecule has 0 atom stereocenters. The van der Waals surface area contributed by atoms with Gasteiger partial charge in [0.1, 0.15) is 0 Å². The van der Waals surface area contributed by atoms with Crippen LogP contribution in [-0.2, 0) is 6.54 Å². The lowest BCUT2D eigenvalue weighted by Gasteiger charge is -2.09. The Morgan fingerprint density at radius 3 is 2.42 bits per heavy atom. The zero-order valence-corrected chi connectivity index (χ0v) is 11.5. The van der Waals surface area contributed by atoms with Gasteiger partial charge in [-0.3, -0.25) is 4.79 Å². The summed E-state index contributed by atoms with van der Waals surface area (Å²) in [4.78, 5) is 17.3. The van der Waals surface area contributed by atoms with Crippen molar-refractivity contribution in [3.8, 4) is 11.4 Å². The van der Waals surface area contributed by atoms with Crippen LogP contribution in [0.5, 0.6) is 0 Å². The molecule has 0 unspecified atom stereocenters. The van der Waals surface area contributed by atoms with E-state index >= 15 is 0 Å². The number of rotatable bonds is 3. The van der Waals surface area contributed by atoms with E-state index < -0.39 is 0 Å². The molecule has 0 aliphatic heterocycles. The molecule has 102 valence electrons. The van der Waals surface area contributed by atoms with Gasteiger partial charge in [0.05, 0.1) is 6.54 Å². The molecule has 1 aromatic carbocycles. The van der Waals surface area contributed by atoms with Gasteiger partial charge in [-0.25, -0.2) is 0 Å². The quantitative estimate of drug-likeness (QED) is 0.917. The van der Waals surface area contributed by atoms with E-state index in [4.69, 9.17) is 10.3 Å². The fraction of sp³-hybridized carbons (Fsp3) is 0.250. The lowest BCUT2D eigenvalue weighted by Crippen LogP contribution is -2.21. The summed E-state index contributed by atoms with van der Waals surface area (Å²) in [6.07, 6.45) is 0. The second-order valence-electron chi connectivity index (χ2n) is 3.99. The number of aromatic nitrogens is 2. The van der Waals surface area contributed by atoms with E-state index in [0.29, 0.717) is 17.3 Å². The number of carbonyl (C=O) groups is 1. The van der Waals surface area contributed by atoms with Crippen LogP contribution < -0.4 is 5.73 Å². The normalized spacial score (nSPS) is 9.84. The van der Waals surface area contributed by atoms with E-state index in [1.54, 1.807) is 38.4 Å². The van der Waals surface area contributed by atoms with Crippen LogP contribution in [-0.4, -0.2) is 35.0 Å². The molecule has 0 saturated carbocycles. The Bertz CT molecular complexity index is 551. The molecule has 6 nitrogen and oxygen atoms in total. The molecule has 2 N–H and O–H groups in total. The molecule has 1 aromatic heterocycles. The molecule has 0 bridgehead atoms. The Morgan fingerprint density at radius 2 is 1.95 bits per heavy atom.